The third kappa shape index (κ3) is 4.12. The molecular weight excluding hydrogens is 453 g/mol. The van der Waals surface area contributed by atoms with Crippen LogP contribution in [0.5, 0.6) is 0 Å². The molecule has 0 saturated heterocycles. The monoisotopic (exact) mass is 472 g/mol. The van der Waals surface area contributed by atoms with Crippen LogP contribution in [-0.2, 0) is 6.18 Å². The molecule has 2 N–H and O–H groups in total. The summed E-state index contributed by atoms with van der Waals surface area (Å²) in [6, 6.07) is 15.8. The van der Waals surface area contributed by atoms with E-state index in [1.54, 1.807) is 60.0 Å². The van der Waals surface area contributed by atoms with Crippen LogP contribution in [0.4, 0.5) is 36.2 Å². The number of benzene rings is 2. The lowest BCUT2D eigenvalue weighted by molar-refractivity contribution is -0.137. The number of nitrogens with two attached hydrogens (primary N) is 1. The number of nitrogens with zero attached hydrogens (tertiary/aromatic N) is 5. The van der Waals surface area contributed by atoms with E-state index in [9.17, 15) is 13.2 Å². The van der Waals surface area contributed by atoms with E-state index >= 15 is 0 Å². The van der Waals surface area contributed by atoms with Gasteiger partial charge in [0.1, 0.15) is 11.6 Å². The van der Waals surface area contributed by atoms with Gasteiger partial charge in [-0.25, -0.2) is 19.9 Å². The van der Waals surface area contributed by atoms with E-state index in [4.69, 9.17) is 5.73 Å². The maximum absolute atomic E-state index is 13.7. The van der Waals surface area contributed by atoms with Crippen LogP contribution < -0.4 is 10.6 Å². The van der Waals surface area contributed by atoms with Crippen LogP contribution in [0.3, 0.4) is 0 Å². The lowest BCUT2D eigenvalue weighted by Gasteiger charge is -2.29. The van der Waals surface area contributed by atoms with Crippen molar-refractivity contribution in [2.24, 2.45) is 0 Å². The van der Waals surface area contributed by atoms with E-state index in [-0.39, 0.29) is 5.69 Å². The molecule has 0 fully saturated rings. The molecule has 0 aliphatic carbocycles. The zero-order chi connectivity index (χ0) is 24.6. The van der Waals surface area contributed by atoms with Gasteiger partial charge in [-0.2, -0.15) is 13.2 Å². The van der Waals surface area contributed by atoms with Crippen molar-refractivity contribution in [2.75, 3.05) is 10.6 Å². The van der Waals surface area contributed by atoms with Crippen LogP contribution in [0.15, 0.2) is 85.5 Å². The minimum Gasteiger partial charge on any atom is -0.383 e. The number of hydrogen-bond acceptors (Lipinski definition) is 6. The first kappa shape index (κ1) is 22.3. The number of nitrogen functional groups attached to an aromatic ring is 1. The van der Waals surface area contributed by atoms with Gasteiger partial charge in [-0.1, -0.05) is 18.2 Å². The Hall–Kier alpha value is -4.53. The number of rotatable bonds is 4. The first-order chi connectivity index (χ1) is 16.8. The second kappa shape index (κ2) is 8.68. The van der Waals surface area contributed by atoms with Gasteiger partial charge in [0, 0.05) is 41.2 Å². The van der Waals surface area contributed by atoms with Crippen molar-refractivity contribution in [3.05, 3.63) is 96.6 Å². The second-order valence-electron chi connectivity index (χ2n) is 7.85. The Labute approximate surface area is 198 Å². The summed E-state index contributed by atoms with van der Waals surface area (Å²) in [7, 11) is 0. The van der Waals surface area contributed by atoms with Crippen LogP contribution >= 0.6 is 0 Å². The second-order valence-corrected chi connectivity index (χ2v) is 7.85. The molecule has 0 spiro atoms. The van der Waals surface area contributed by atoms with Gasteiger partial charge in [0.25, 0.3) is 0 Å². The summed E-state index contributed by atoms with van der Waals surface area (Å²) in [5.41, 5.74) is 7.65. The zero-order valence-corrected chi connectivity index (χ0v) is 18.5. The van der Waals surface area contributed by atoms with Crippen molar-refractivity contribution >= 4 is 33.8 Å². The fourth-order valence-electron chi connectivity index (χ4n) is 4.03. The van der Waals surface area contributed by atoms with Gasteiger partial charge >= 0.3 is 6.18 Å². The molecule has 174 valence electrons. The van der Waals surface area contributed by atoms with Crippen molar-refractivity contribution in [3.8, 4) is 11.4 Å². The summed E-state index contributed by atoms with van der Waals surface area (Å²) in [6.07, 6.45) is 1.84. The number of fused-ring (bicyclic) bond motifs is 1. The Morgan fingerprint density at radius 3 is 2.31 bits per heavy atom. The highest BCUT2D eigenvalue weighted by atomic mass is 19.4. The lowest BCUT2D eigenvalue weighted by Crippen LogP contribution is -2.16. The Balaban J connectivity index is 1.86. The summed E-state index contributed by atoms with van der Waals surface area (Å²) in [5, 5.41) is 1.40. The maximum atomic E-state index is 13.7. The smallest absolute Gasteiger partial charge is 0.383 e. The van der Waals surface area contributed by atoms with Gasteiger partial charge in [-0.15, -0.1) is 0 Å². The number of alkyl halides is 3. The quantitative estimate of drug-likeness (QED) is 0.323. The van der Waals surface area contributed by atoms with Gasteiger partial charge in [0.15, 0.2) is 5.82 Å². The van der Waals surface area contributed by atoms with Crippen molar-refractivity contribution in [1.82, 2.24) is 19.9 Å². The van der Waals surface area contributed by atoms with Crippen molar-refractivity contribution in [3.63, 3.8) is 0 Å². The third-order valence-electron chi connectivity index (χ3n) is 5.61. The van der Waals surface area contributed by atoms with E-state index in [2.05, 4.69) is 19.9 Å². The van der Waals surface area contributed by atoms with Gasteiger partial charge in [0.2, 0.25) is 0 Å². The molecule has 0 radical (unpaired) electrons. The van der Waals surface area contributed by atoms with E-state index in [1.807, 2.05) is 19.1 Å². The van der Waals surface area contributed by atoms with Gasteiger partial charge < -0.3 is 5.73 Å². The van der Waals surface area contributed by atoms with Crippen molar-refractivity contribution in [2.45, 2.75) is 13.1 Å². The van der Waals surface area contributed by atoms with E-state index in [1.165, 1.54) is 6.07 Å². The standard InChI is InChI=1S/C26H19F3N6/c1-16-8-9-20-19(10-14-31-23(20)30)22(16)35(18-6-2-5-17(15-18)26(27,28)29)25-21(7-3-11-34-25)24-32-12-4-13-33-24/h2-15H,1H3,(H2,30,31). The molecule has 5 aromatic rings. The molecule has 0 aliphatic heterocycles. The molecule has 6 nitrogen and oxygen atoms in total. The highest BCUT2D eigenvalue weighted by molar-refractivity contribution is 6.04. The topological polar surface area (TPSA) is 80.8 Å². The first-order valence-corrected chi connectivity index (χ1v) is 10.7. The number of hydrogen-bond donors (Lipinski definition) is 1. The molecule has 0 saturated carbocycles. The molecule has 0 aliphatic rings. The third-order valence-corrected chi connectivity index (χ3v) is 5.61. The molecule has 0 bridgehead atoms. The molecule has 9 heteroatoms. The van der Waals surface area contributed by atoms with E-state index < -0.39 is 11.7 Å². The normalized spacial score (nSPS) is 11.5. The maximum Gasteiger partial charge on any atom is 0.416 e. The fraction of sp³-hybridized carbons (Fsp3) is 0.0769. The Bertz CT molecular complexity index is 1520. The minimum absolute atomic E-state index is 0.279. The molecular formula is C26H19F3N6. The molecule has 0 unspecified atom stereocenters. The number of aryl methyl sites for hydroxylation is 1. The highest BCUT2D eigenvalue weighted by Crippen LogP contribution is 2.44. The number of anilines is 4. The number of halogens is 3. The van der Waals surface area contributed by atoms with Crippen LogP contribution in [0.1, 0.15) is 11.1 Å². The molecule has 0 atom stereocenters. The van der Waals surface area contributed by atoms with Crippen LogP contribution in [0.2, 0.25) is 0 Å². The van der Waals surface area contributed by atoms with Crippen LogP contribution in [0, 0.1) is 6.92 Å². The van der Waals surface area contributed by atoms with Crippen LogP contribution in [-0.4, -0.2) is 19.9 Å². The Morgan fingerprint density at radius 1 is 0.771 bits per heavy atom. The summed E-state index contributed by atoms with van der Waals surface area (Å²) < 4.78 is 41.1. The van der Waals surface area contributed by atoms with E-state index in [0.29, 0.717) is 34.1 Å². The van der Waals surface area contributed by atoms with Crippen LogP contribution in [0.25, 0.3) is 22.2 Å². The van der Waals surface area contributed by atoms with E-state index in [0.717, 1.165) is 23.1 Å². The zero-order valence-electron chi connectivity index (χ0n) is 18.5. The summed E-state index contributed by atoms with van der Waals surface area (Å²) in [5.74, 6) is 1.09. The first-order valence-electron chi connectivity index (χ1n) is 10.7. The molecule has 3 heterocycles. The SMILES string of the molecule is Cc1ccc2c(N)nccc2c1N(c1cccc(C(F)(F)F)c1)c1ncccc1-c1ncccn1. The summed E-state index contributed by atoms with van der Waals surface area (Å²) >= 11 is 0. The minimum atomic E-state index is -4.51. The largest absolute Gasteiger partial charge is 0.416 e. The average Bonchev–Trinajstić information content (AvgIpc) is 2.86. The number of pyridine rings is 2. The molecule has 35 heavy (non-hydrogen) atoms. The Morgan fingerprint density at radius 2 is 1.54 bits per heavy atom. The predicted molar refractivity (Wildman–Crippen MR) is 129 cm³/mol. The van der Waals surface area contributed by atoms with Gasteiger partial charge in [0.05, 0.1) is 16.8 Å². The van der Waals surface area contributed by atoms with Crippen molar-refractivity contribution in [1.29, 1.82) is 0 Å². The highest BCUT2D eigenvalue weighted by Gasteiger charge is 2.32. The van der Waals surface area contributed by atoms with Gasteiger partial charge in [-0.05, 0) is 55.0 Å². The number of aromatic nitrogens is 4. The predicted octanol–water partition coefficient (Wildman–Crippen LogP) is 6.47. The fourth-order valence-corrected chi connectivity index (χ4v) is 4.03. The van der Waals surface area contributed by atoms with Crippen molar-refractivity contribution < 1.29 is 13.2 Å². The molecule has 5 rings (SSSR count). The molecule has 3 aromatic heterocycles. The molecule has 2 aromatic carbocycles. The average molecular weight is 472 g/mol. The summed E-state index contributed by atoms with van der Waals surface area (Å²) in [6.45, 7) is 1.88. The summed E-state index contributed by atoms with van der Waals surface area (Å²) in [4.78, 5) is 19.1. The Kier molecular flexibility index (Phi) is 5.52. The molecule has 0 amide bonds. The lowest BCUT2D eigenvalue weighted by atomic mass is 10.0. The van der Waals surface area contributed by atoms with Gasteiger partial charge in [-0.3, -0.25) is 4.90 Å².